The second-order valence-electron chi connectivity index (χ2n) is 6.13. The van der Waals surface area contributed by atoms with Gasteiger partial charge in [-0.05, 0) is 36.5 Å². The fourth-order valence-corrected chi connectivity index (χ4v) is 2.65. The molecule has 1 heterocycles. The van der Waals surface area contributed by atoms with Gasteiger partial charge in [0.1, 0.15) is 0 Å². The molecule has 0 bridgehead atoms. The van der Waals surface area contributed by atoms with Gasteiger partial charge in [-0.1, -0.05) is 19.1 Å². The van der Waals surface area contributed by atoms with Crippen molar-refractivity contribution >= 4 is 11.6 Å². The first-order valence-corrected chi connectivity index (χ1v) is 7.82. The van der Waals surface area contributed by atoms with E-state index in [9.17, 15) is 0 Å². The molecule has 0 atom stereocenters. The third-order valence-corrected chi connectivity index (χ3v) is 4.20. The van der Waals surface area contributed by atoms with E-state index >= 15 is 0 Å². The number of anilines is 1. The minimum Gasteiger partial charge on any atom is -0.378 e. The molecule has 21 heavy (non-hydrogen) atoms. The van der Waals surface area contributed by atoms with Crippen LogP contribution < -0.4 is 10.2 Å². The van der Waals surface area contributed by atoms with Crippen molar-refractivity contribution in [2.75, 3.05) is 39.1 Å². The number of likely N-dealkylation sites (tertiary alicyclic amines) is 1. The summed E-state index contributed by atoms with van der Waals surface area (Å²) >= 11 is 0. The van der Waals surface area contributed by atoms with E-state index in [1.165, 1.54) is 24.1 Å². The van der Waals surface area contributed by atoms with Crippen molar-refractivity contribution < 1.29 is 0 Å². The standard InChI is InChI=1S/C17H28N4/c1-14-9-11-21(12-10-14)17(18-2)19-13-15-5-7-16(8-6-15)20(3)4/h5-8,14H,9-13H2,1-4H3,(H,18,19). The first kappa shape index (κ1) is 15.7. The summed E-state index contributed by atoms with van der Waals surface area (Å²) in [6, 6.07) is 8.66. The zero-order chi connectivity index (χ0) is 15.2. The molecule has 1 aromatic rings. The second-order valence-corrected chi connectivity index (χ2v) is 6.13. The van der Waals surface area contributed by atoms with Crippen molar-refractivity contribution in [3.8, 4) is 0 Å². The molecular weight excluding hydrogens is 260 g/mol. The summed E-state index contributed by atoms with van der Waals surface area (Å²) in [6.07, 6.45) is 2.52. The van der Waals surface area contributed by atoms with Gasteiger partial charge >= 0.3 is 0 Å². The molecule has 1 aliphatic heterocycles. The lowest BCUT2D eigenvalue weighted by Gasteiger charge is -2.33. The number of hydrogen-bond acceptors (Lipinski definition) is 2. The van der Waals surface area contributed by atoms with E-state index in [0.717, 1.165) is 31.5 Å². The van der Waals surface area contributed by atoms with Crippen molar-refractivity contribution in [3.05, 3.63) is 29.8 Å². The summed E-state index contributed by atoms with van der Waals surface area (Å²) in [5, 5.41) is 3.48. The van der Waals surface area contributed by atoms with Crippen molar-refractivity contribution in [1.29, 1.82) is 0 Å². The maximum Gasteiger partial charge on any atom is 0.193 e. The zero-order valence-corrected chi connectivity index (χ0v) is 13.8. The number of piperidine rings is 1. The average Bonchev–Trinajstić information content (AvgIpc) is 2.50. The Morgan fingerprint density at radius 1 is 1.24 bits per heavy atom. The average molecular weight is 288 g/mol. The normalized spacial score (nSPS) is 17.0. The van der Waals surface area contributed by atoms with E-state index in [1.807, 2.05) is 7.05 Å². The molecule has 0 aromatic heterocycles. The molecule has 1 aromatic carbocycles. The summed E-state index contributed by atoms with van der Waals surface area (Å²) in [6.45, 7) is 5.38. The molecule has 1 saturated heterocycles. The van der Waals surface area contributed by atoms with E-state index < -0.39 is 0 Å². The molecule has 0 aliphatic carbocycles. The summed E-state index contributed by atoms with van der Waals surface area (Å²) < 4.78 is 0. The summed E-state index contributed by atoms with van der Waals surface area (Å²) in [5.41, 5.74) is 2.51. The molecule has 4 nitrogen and oxygen atoms in total. The van der Waals surface area contributed by atoms with Crippen LogP contribution in [0.1, 0.15) is 25.3 Å². The molecule has 0 unspecified atom stereocenters. The highest BCUT2D eigenvalue weighted by atomic mass is 15.3. The molecule has 1 N–H and O–H groups in total. The highest BCUT2D eigenvalue weighted by molar-refractivity contribution is 5.79. The summed E-state index contributed by atoms with van der Waals surface area (Å²) in [7, 11) is 5.99. The lowest BCUT2D eigenvalue weighted by Crippen LogP contribution is -2.45. The van der Waals surface area contributed by atoms with Crippen LogP contribution in [0.3, 0.4) is 0 Å². The third-order valence-electron chi connectivity index (χ3n) is 4.20. The fourth-order valence-electron chi connectivity index (χ4n) is 2.65. The quantitative estimate of drug-likeness (QED) is 0.685. The van der Waals surface area contributed by atoms with Crippen molar-refractivity contribution in [2.45, 2.75) is 26.3 Å². The van der Waals surface area contributed by atoms with Crippen molar-refractivity contribution in [2.24, 2.45) is 10.9 Å². The Bertz CT molecular complexity index is 456. The predicted octanol–water partition coefficient (Wildman–Crippen LogP) is 2.56. The van der Waals surface area contributed by atoms with Gasteiger partial charge in [-0.2, -0.15) is 0 Å². The highest BCUT2D eigenvalue weighted by Gasteiger charge is 2.18. The number of aliphatic imine (C=N–C) groups is 1. The Morgan fingerprint density at radius 3 is 2.38 bits per heavy atom. The molecular formula is C17H28N4. The first-order valence-electron chi connectivity index (χ1n) is 7.82. The molecule has 0 saturated carbocycles. The predicted molar refractivity (Wildman–Crippen MR) is 90.9 cm³/mol. The molecule has 116 valence electrons. The van der Waals surface area contributed by atoms with Gasteiger partial charge in [0.15, 0.2) is 5.96 Å². The van der Waals surface area contributed by atoms with Crippen LogP contribution in [0, 0.1) is 5.92 Å². The second kappa shape index (κ2) is 7.34. The van der Waals surface area contributed by atoms with Crippen LogP contribution in [0.5, 0.6) is 0 Å². The Kier molecular flexibility index (Phi) is 5.48. The van der Waals surface area contributed by atoms with Gasteiger partial charge in [0.2, 0.25) is 0 Å². The number of nitrogens with zero attached hydrogens (tertiary/aromatic N) is 3. The van der Waals surface area contributed by atoms with Gasteiger partial charge in [-0.25, -0.2) is 0 Å². The van der Waals surface area contributed by atoms with E-state index in [2.05, 4.69) is 65.4 Å². The Hall–Kier alpha value is -1.71. The van der Waals surface area contributed by atoms with E-state index in [0.29, 0.717) is 0 Å². The van der Waals surface area contributed by atoms with Crippen LogP contribution in [0.15, 0.2) is 29.3 Å². The number of hydrogen-bond donors (Lipinski definition) is 1. The molecule has 1 fully saturated rings. The number of guanidine groups is 1. The smallest absolute Gasteiger partial charge is 0.193 e. The van der Waals surface area contributed by atoms with E-state index in [-0.39, 0.29) is 0 Å². The summed E-state index contributed by atoms with van der Waals surface area (Å²) in [4.78, 5) is 8.91. The van der Waals surface area contributed by atoms with Gasteiger partial charge in [0, 0.05) is 46.5 Å². The van der Waals surface area contributed by atoms with Gasteiger partial charge < -0.3 is 15.1 Å². The van der Waals surface area contributed by atoms with Crippen LogP contribution in [-0.4, -0.2) is 45.1 Å². The van der Waals surface area contributed by atoms with Gasteiger partial charge in [-0.15, -0.1) is 0 Å². The summed E-state index contributed by atoms with van der Waals surface area (Å²) in [5.74, 6) is 1.87. The molecule has 2 rings (SSSR count). The highest BCUT2D eigenvalue weighted by Crippen LogP contribution is 2.16. The number of nitrogens with one attached hydrogen (secondary N) is 1. The molecule has 0 amide bonds. The molecule has 4 heteroatoms. The monoisotopic (exact) mass is 288 g/mol. The maximum absolute atomic E-state index is 4.42. The van der Waals surface area contributed by atoms with Crippen LogP contribution in [0.2, 0.25) is 0 Å². The topological polar surface area (TPSA) is 30.9 Å². The SMILES string of the molecule is CN=C(NCc1ccc(N(C)C)cc1)N1CCC(C)CC1. The number of rotatable bonds is 3. The van der Waals surface area contributed by atoms with Crippen LogP contribution >= 0.6 is 0 Å². The lowest BCUT2D eigenvalue weighted by molar-refractivity contribution is 0.273. The van der Waals surface area contributed by atoms with Gasteiger partial charge in [0.25, 0.3) is 0 Å². The van der Waals surface area contributed by atoms with E-state index in [4.69, 9.17) is 0 Å². The van der Waals surface area contributed by atoms with Crippen LogP contribution in [0.25, 0.3) is 0 Å². The largest absolute Gasteiger partial charge is 0.378 e. The van der Waals surface area contributed by atoms with Crippen molar-refractivity contribution in [3.63, 3.8) is 0 Å². The Morgan fingerprint density at radius 2 is 1.86 bits per heavy atom. The third kappa shape index (κ3) is 4.38. The number of benzene rings is 1. The molecule has 0 spiro atoms. The van der Waals surface area contributed by atoms with Gasteiger partial charge in [0.05, 0.1) is 0 Å². The minimum atomic E-state index is 0.826. The van der Waals surface area contributed by atoms with Crippen molar-refractivity contribution in [1.82, 2.24) is 10.2 Å². The molecule has 0 radical (unpaired) electrons. The zero-order valence-electron chi connectivity index (χ0n) is 13.8. The maximum atomic E-state index is 4.42. The van der Waals surface area contributed by atoms with Crippen LogP contribution in [-0.2, 0) is 6.54 Å². The van der Waals surface area contributed by atoms with Crippen LogP contribution in [0.4, 0.5) is 5.69 Å². The van der Waals surface area contributed by atoms with Gasteiger partial charge in [-0.3, -0.25) is 4.99 Å². The van der Waals surface area contributed by atoms with E-state index in [1.54, 1.807) is 0 Å². The Balaban J connectivity index is 1.88. The Labute approximate surface area is 128 Å². The fraction of sp³-hybridized carbons (Fsp3) is 0.588. The minimum absolute atomic E-state index is 0.826. The molecule has 1 aliphatic rings. The lowest BCUT2D eigenvalue weighted by atomic mass is 9.99. The first-order chi connectivity index (χ1) is 10.1.